The molecule has 0 radical (unpaired) electrons. The van der Waals surface area contributed by atoms with Crippen molar-refractivity contribution in [1.29, 1.82) is 0 Å². The van der Waals surface area contributed by atoms with Crippen molar-refractivity contribution < 1.29 is 9.18 Å². The monoisotopic (exact) mass is 255 g/mol. The Morgan fingerprint density at radius 1 is 1.16 bits per heavy atom. The molecule has 0 aromatic heterocycles. The summed E-state index contributed by atoms with van der Waals surface area (Å²) in [6.07, 6.45) is 2.94. The van der Waals surface area contributed by atoms with Gasteiger partial charge in [-0.1, -0.05) is 35.9 Å². The summed E-state index contributed by atoms with van der Waals surface area (Å²) in [6, 6.07) is 13.4. The molecule has 0 unspecified atom stereocenters. The molecule has 2 nitrogen and oxygen atoms in total. The maximum absolute atomic E-state index is 12.9. The first-order valence-electron chi connectivity index (χ1n) is 5.95. The van der Waals surface area contributed by atoms with Gasteiger partial charge in [-0.3, -0.25) is 4.79 Å². The van der Waals surface area contributed by atoms with Crippen molar-refractivity contribution in [3.05, 3.63) is 77.8 Å². The Bertz CT molecular complexity index is 602. The van der Waals surface area contributed by atoms with Crippen molar-refractivity contribution >= 4 is 11.5 Å². The number of carbonyl (C=O) groups is 1. The molecule has 0 heterocycles. The van der Waals surface area contributed by atoms with E-state index in [9.17, 15) is 9.18 Å². The molecule has 0 saturated carbocycles. The molecule has 1 N–H and O–H groups in total. The minimum atomic E-state index is -0.316. The topological polar surface area (TPSA) is 29.1 Å². The van der Waals surface area contributed by atoms with E-state index in [1.165, 1.54) is 24.4 Å². The third-order valence-corrected chi connectivity index (χ3v) is 2.65. The molecule has 2 aromatic rings. The number of anilines is 1. The smallest absolute Gasteiger partial charge is 0.187 e. The standard InChI is InChI=1S/C16H14FNO/c1-12-5-7-13(8-6-12)16(19)9-10-18-15-4-2-3-14(17)11-15/h2-11,18H,1H3/b10-9+. The van der Waals surface area contributed by atoms with Gasteiger partial charge in [0, 0.05) is 23.5 Å². The van der Waals surface area contributed by atoms with Crippen LogP contribution in [0, 0.1) is 12.7 Å². The van der Waals surface area contributed by atoms with E-state index in [1.807, 2.05) is 19.1 Å². The number of aryl methyl sites for hydroxylation is 1. The number of rotatable bonds is 4. The quantitative estimate of drug-likeness (QED) is 0.662. The molecular formula is C16H14FNO. The van der Waals surface area contributed by atoms with Crippen molar-refractivity contribution in [2.45, 2.75) is 6.92 Å². The largest absolute Gasteiger partial charge is 0.361 e. The summed E-state index contributed by atoms with van der Waals surface area (Å²) in [7, 11) is 0. The maximum atomic E-state index is 12.9. The molecule has 0 fully saturated rings. The summed E-state index contributed by atoms with van der Waals surface area (Å²) < 4.78 is 12.9. The van der Waals surface area contributed by atoms with Crippen molar-refractivity contribution in [3.63, 3.8) is 0 Å². The van der Waals surface area contributed by atoms with Crippen LogP contribution < -0.4 is 5.32 Å². The first kappa shape index (κ1) is 13.0. The molecule has 0 bridgehead atoms. The zero-order chi connectivity index (χ0) is 13.7. The van der Waals surface area contributed by atoms with E-state index in [0.717, 1.165) is 5.56 Å². The minimum absolute atomic E-state index is 0.0936. The van der Waals surface area contributed by atoms with Gasteiger partial charge in [0.05, 0.1) is 0 Å². The van der Waals surface area contributed by atoms with Gasteiger partial charge >= 0.3 is 0 Å². The highest BCUT2D eigenvalue weighted by Crippen LogP contribution is 2.09. The number of ketones is 1. The fourth-order valence-corrected chi connectivity index (χ4v) is 1.61. The molecule has 0 atom stereocenters. The predicted octanol–water partition coefficient (Wildman–Crippen LogP) is 3.94. The normalized spacial score (nSPS) is 10.6. The van der Waals surface area contributed by atoms with Crippen LogP contribution in [0.4, 0.5) is 10.1 Å². The highest BCUT2D eigenvalue weighted by Gasteiger charge is 2.00. The van der Waals surface area contributed by atoms with E-state index in [4.69, 9.17) is 0 Å². The van der Waals surface area contributed by atoms with Crippen molar-refractivity contribution in [2.24, 2.45) is 0 Å². The molecule has 2 aromatic carbocycles. The maximum Gasteiger partial charge on any atom is 0.187 e. The number of allylic oxidation sites excluding steroid dienone is 1. The summed E-state index contributed by atoms with van der Waals surface area (Å²) in [5.74, 6) is -0.410. The zero-order valence-corrected chi connectivity index (χ0v) is 10.6. The molecule has 3 heteroatoms. The molecule has 96 valence electrons. The van der Waals surface area contributed by atoms with E-state index >= 15 is 0 Å². The third kappa shape index (κ3) is 3.78. The van der Waals surface area contributed by atoms with Crippen LogP contribution >= 0.6 is 0 Å². The van der Waals surface area contributed by atoms with E-state index in [2.05, 4.69) is 5.32 Å². The summed E-state index contributed by atoms with van der Waals surface area (Å²) >= 11 is 0. The van der Waals surface area contributed by atoms with Gasteiger partial charge in [-0.05, 0) is 25.1 Å². The first-order chi connectivity index (χ1) is 9.15. The Labute approximate surface area is 111 Å². The van der Waals surface area contributed by atoms with Crippen molar-refractivity contribution in [3.8, 4) is 0 Å². The second kappa shape index (κ2) is 5.96. The lowest BCUT2D eigenvalue weighted by molar-refractivity contribution is 0.104. The van der Waals surface area contributed by atoms with E-state index in [-0.39, 0.29) is 11.6 Å². The number of benzene rings is 2. The Morgan fingerprint density at radius 2 is 1.89 bits per heavy atom. The van der Waals surface area contributed by atoms with Gasteiger partial charge in [0.15, 0.2) is 5.78 Å². The number of nitrogens with one attached hydrogen (secondary N) is 1. The Hall–Kier alpha value is -2.42. The van der Waals surface area contributed by atoms with Gasteiger partial charge < -0.3 is 5.32 Å². The van der Waals surface area contributed by atoms with Gasteiger partial charge in [0.1, 0.15) is 5.82 Å². The average Bonchev–Trinajstić information content (AvgIpc) is 2.39. The van der Waals surface area contributed by atoms with Gasteiger partial charge in [-0.2, -0.15) is 0 Å². The summed E-state index contributed by atoms with van der Waals surface area (Å²) in [6.45, 7) is 1.97. The lowest BCUT2D eigenvalue weighted by Gasteiger charge is -2.00. The molecule has 2 rings (SSSR count). The van der Waals surface area contributed by atoms with Gasteiger partial charge in [-0.15, -0.1) is 0 Å². The molecule has 0 aliphatic rings. The lowest BCUT2D eigenvalue weighted by Crippen LogP contribution is -1.96. The predicted molar refractivity (Wildman–Crippen MR) is 74.7 cm³/mol. The van der Waals surface area contributed by atoms with Crippen molar-refractivity contribution in [1.82, 2.24) is 0 Å². The summed E-state index contributed by atoms with van der Waals surface area (Å²) in [5.41, 5.74) is 2.34. The van der Waals surface area contributed by atoms with Crippen molar-refractivity contribution in [2.75, 3.05) is 5.32 Å². The van der Waals surface area contributed by atoms with Crippen LogP contribution in [0.3, 0.4) is 0 Å². The second-order valence-electron chi connectivity index (χ2n) is 4.22. The zero-order valence-electron chi connectivity index (χ0n) is 10.6. The van der Waals surface area contributed by atoms with Gasteiger partial charge in [0.2, 0.25) is 0 Å². The van der Waals surface area contributed by atoms with Gasteiger partial charge in [-0.25, -0.2) is 4.39 Å². The summed E-state index contributed by atoms with van der Waals surface area (Å²) in [5, 5.41) is 2.86. The van der Waals surface area contributed by atoms with Crippen LogP contribution in [0.1, 0.15) is 15.9 Å². The van der Waals surface area contributed by atoms with E-state index < -0.39 is 0 Å². The highest BCUT2D eigenvalue weighted by atomic mass is 19.1. The SMILES string of the molecule is Cc1ccc(C(=O)/C=C/Nc2cccc(F)c2)cc1. The Kier molecular flexibility index (Phi) is 4.08. The second-order valence-corrected chi connectivity index (χ2v) is 4.22. The molecule has 19 heavy (non-hydrogen) atoms. The molecule has 0 amide bonds. The molecule has 0 aliphatic heterocycles. The van der Waals surface area contributed by atoms with E-state index in [0.29, 0.717) is 11.3 Å². The van der Waals surface area contributed by atoms with Gasteiger partial charge in [0.25, 0.3) is 0 Å². The van der Waals surface area contributed by atoms with E-state index in [1.54, 1.807) is 24.3 Å². The minimum Gasteiger partial charge on any atom is -0.361 e. The third-order valence-electron chi connectivity index (χ3n) is 2.65. The number of carbonyl (C=O) groups excluding carboxylic acids is 1. The average molecular weight is 255 g/mol. The Balaban J connectivity index is 1.99. The highest BCUT2D eigenvalue weighted by molar-refractivity contribution is 6.04. The first-order valence-corrected chi connectivity index (χ1v) is 5.95. The fourth-order valence-electron chi connectivity index (χ4n) is 1.61. The molecule has 0 saturated heterocycles. The lowest BCUT2D eigenvalue weighted by atomic mass is 10.1. The van der Waals surface area contributed by atoms with Crippen LogP contribution in [0.15, 0.2) is 60.8 Å². The van der Waals surface area contributed by atoms with Crippen LogP contribution in [-0.2, 0) is 0 Å². The fraction of sp³-hybridized carbons (Fsp3) is 0.0625. The van der Waals surface area contributed by atoms with Crippen LogP contribution in [-0.4, -0.2) is 5.78 Å². The molecule has 0 spiro atoms. The molecular weight excluding hydrogens is 241 g/mol. The molecule has 0 aliphatic carbocycles. The van der Waals surface area contributed by atoms with Crippen LogP contribution in [0.25, 0.3) is 0 Å². The number of hydrogen-bond donors (Lipinski definition) is 1. The number of halogens is 1. The van der Waals surface area contributed by atoms with Crippen LogP contribution in [0.2, 0.25) is 0 Å². The number of hydrogen-bond acceptors (Lipinski definition) is 2. The van der Waals surface area contributed by atoms with Crippen LogP contribution in [0.5, 0.6) is 0 Å². The Morgan fingerprint density at radius 3 is 2.58 bits per heavy atom. The summed E-state index contributed by atoms with van der Waals surface area (Å²) in [4.78, 5) is 11.8.